The number of halogens is 3. The molecule has 0 saturated carbocycles. The number of nitrogens with one attached hydrogen (secondary N) is 1. The third-order valence-electron chi connectivity index (χ3n) is 6.04. The molecule has 1 aliphatic heterocycles. The van der Waals surface area contributed by atoms with Crippen molar-refractivity contribution in [3.8, 4) is 11.4 Å². The Labute approximate surface area is 219 Å². The highest BCUT2D eigenvalue weighted by Crippen LogP contribution is 2.34. The first-order chi connectivity index (χ1) is 18.7. The molecule has 0 atom stereocenters. The zero-order chi connectivity index (χ0) is 27.7. The number of hydrogen-bond donors (Lipinski definition) is 1. The Hall–Kier alpha value is -5.00. The topological polar surface area (TPSA) is 106 Å². The Kier molecular flexibility index (Phi) is 6.60. The maximum Gasteiger partial charge on any atom is 0.416 e. The highest BCUT2D eigenvalue weighted by molar-refractivity contribution is 6.21. The zero-order valence-corrected chi connectivity index (χ0v) is 20.4. The van der Waals surface area contributed by atoms with Gasteiger partial charge in [0.2, 0.25) is 0 Å². The molecule has 1 N–H and O–H groups in total. The fourth-order valence-corrected chi connectivity index (χ4v) is 4.23. The number of fused-ring (bicyclic) bond motifs is 1. The number of ether oxygens (including phenoxy) is 1. The fraction of sp³-hybridized carbons (Fsp3) is 0.148. The molecule has 12 heteroatoms. The van der Waals surface area contributed by atoms with Crippen molar-refractivity contribution in [3.63, 3.8) is 0 Å². The molecule has 9 nitrogen and oxygen atoms in total. The largest absolute Gasteiger partial charge is 0.493 e. The highest BCUT2D eigenvalue weighted by atomic mass is 19.4. The van der Waals surface area contributed by atoms with Gasteiger partial charge in [-0.3, -0.25) is 19.3 Å². The molecule has 0 spiro atoms. The molecular weight excluding hydrogens is 515 g/mol. The minimum Gasteiger partial charge on any atom is -0.493 e. The molecule has 39 heavy (non-hydrogen) atoms. The second-order valence-electron chi connectivity index (χ2n) is 8.53. The van der Waals surface area contributed by atoms with E-state index in [2.05, 4.69) is 15.4 Å². The molecule has 1 aromatic heterocycles. The van der Waals surface area contributed by atoms with Crippen LogP contribution in [0.4, 0.5) is 18.9 Å². The highest BCUT2D eigenvalue weighted by Gasteiger charge is 2.35. The Bertz CT molecular complexity index is 1550. The summed E-state index contributed by atoms with van der Waals surface area (Å²) in [7, 11) is 0. The van der Waals surface area contributed by atoms with Crippen LogP contribution in [0.3, 0.4) is 0 Å². The number of imide groups is 1. The number of nitrogens with zero attached hydrogens (tertiary/aromatic N) is 4. The molecule has 5 rings (SSSR count). The van der Waals surface area contributed by atoms with Crippen LogP contribution in [0, 0.1) is 0 Å². The second-order valence-corrected chi connectivity index (χ2v) is 8.53. The van der Waals surface area contributed by atoms with E-state index in [-0.39, 0.29) is 47.0 Å². The van der Waals surface area contributed by atoms with E-state index in [9.17, 15) is 27.6 Å². The molecule has 4 aromatic rings. The van der Waals surface area contributed by atoms with Gasteiger partial charge in [0.25, 0.3) is 17.7 Å². The van der Waals surface area contributed by atoms with Crippen molar-refractivity contribution in [3.05, 3.63) is 101 Å². The van der Waals surface area contributed by atoms with Crippen LogP contribution in [0.2, 0.25) is 0 Å². The zero-order valence-electron chi connectivity index (χ0n) is 20.4. The van der Waals surface area contributed by atoms with Crippen molar-refractivity contribution in [2.24, 2.45) is 0 Å². The first-order valence-electron chi connectivity index (χ1n) is 11.8. The number of carbonyl (C=O) groups is 3. The Morgan fingerprint density at radius 2 is 1.72 bits per heavy atom. The predicted octanol–water partition coefficient (Wildman–Crippen LogP) is 4.73. The Morgan fingerprint density at radius 1 is 1.00 bits per heavy atom. The molecule has 0 unspecified atom stereocenters. The monoisotopic (exact) mass is 535 g/mol. The summed E-state index contributed by atoms with van der Waals surface area (Å²) in [6.45, 7) is 1.81. The van der Waals surface area contributed by atoms with Crippen molar-refractivity contribution in [1.82, 2.24) is 19.7 Å². The average Bonchev–Trinajstić information content (AvgIpc) is 3.53. The van der Waals surface area contributed by atoms with Gasteiger partial charge in [-0.2, -0.15) is 18.3 Å². The van der Waals surface area contributed by atoms with Gasteiger partial charge in [-0.05, 0) is 55.0 Å². The minimum absolute atomic E-state index is 0.00733. The lowest BCUT2D eigenvalue weighted by Crippen LogP contribution is -2.29. The van der Waals surface area contributed by atoms with Crippen LogP contribution in [0.15, 0.2) is 73.3 Å². The summed E-state index contributed by atoms with van der Waals surface area (Å²) in [5.74, 6) is -1.51. The molecule has 0 aliphatic carbocycles. The number of anilines is 1. The van der Waals surface area contributed by atoms with E-state index in [1.54, 1.807) is 37.3 Å². The molecule has 1 aliphatic rings. The van der Waals surface area contributed by atoms with Crippen molar-refractivity contribution in [2.75, 3.05) is 11.9 Å². The van der Waals surface area contributed by atoms with Crippen LogP contribution in [0.1, 0.15) is 49.1 Å². The van der Waals surface area contributed by atoms with Gasteiger partial charge in [-0.1, -0.05) is 18.2 Å². The molecule has 3 aromatic carbocycles. The van der Waals surface area contributed by atoms with Gasteiger partial charge >= 0.3 is 6.18 Å². The molecule has 0 saturated heterocycles. The summed E-state index contributed by atoms with van der Waals surface area (Å²) in [6.07, 6.45) is -2.16. The number of aromatic nitrogens is 3. The van der Waals surface area contributed by atoms with E-state index in [0.717, 1.165) is 17.0 Å². The van der Waals surface area contributed by atoms with Crippen molar-refractivity contribution in [2.45, 2.75) is 19.6 Å². The Morgan fingerprint density at radius 3 is 2.33 bits per heavy atom. The van der Waals surface area contributed by atoms with Crippen LogP contribution >= 0.6 is 0 Å². The first-order valence-corrected chi connectivity index (χ1v) is 11.8. The smallest absolute Gasteiger partial charge is 0.416 e. The normalized spacial score (nSPS) is 13.0. The van der Waals surface area contributed by atoms with Crippen LogP contribution in [-0.4, -0.2) is 44.0 Å². The van der Waals surface area contributed by atoms with Gasteiger partial charge in [0.05, 0.1) is 46.8 Å². The molecule has 0 radical (unpaired) electrons. The Balaban J connectivity index is 1.48. The SMILES string of the molecule is CCOc1ccc(CN2C(=O)c3ccccc3C2=O)cc1C(=O)Nc1cc(C(F)(F)F)ccc1-n1cncn1. The van der Waals surface area contributed by atoms with E-state index >= 15 is 0 Å². The van der Waals surface area contributed by atoms with Crippen molar-refractivity contribution >= 4 is 23.4 Å². The average molecular weight is 535 g/mol. The summed E-state index contributed by atoms with van der Waals surface area (Å²) < 4.78 is 47.1. The van der Waals surface area contributed by atoms with Crippen LogP contribution in [0.5, 0.6) is 5.75 Å². The van der Waals surface area contributed by atoms with Gasteiger partial charge < -0.3 is 10.1 Å². The minimum atomic E-state index is -4.65. The lowest BCUT2D eigenvalue weighted by molar-refractivity contribution is -0.137. The summed E-state index contributed by atoms with van der Waals surface area (Å²) in [6, 6.07) is 13.9. The van der Waals surface area contributed by atoms with Crippen LogP contribution in [-0.2, 0) is 12.7 Å². The van der Waals surface area contributed by atoms with Crippen LogP contribution < -0.4 is 10.1 Å². The van der Waals surface area contributed by atoms with Gasteiger partial charge in [0, 0.05) is 0 Å². The van der Waals surface area contributed by atoms with Crippen molar-refractivity contribution in [1.29, 1.82) is 0 Å². The van der Waals surface area contributed by atoms with Crippen LogP contribution in [0.25, 0.3) is 5.69 Å². The molecule has 198 valence electrons. The molecule has 2 heterocycles. The molecule has 0 bridgehead atoms. The fourth-order valence-electron chi connectivity index (χ4n) is 4.23. The number of amides is 3. The first kappa shape index (κ1) is 25.6. The summed E-state index contributed by atoms with van der Waals surface area (Å²) in [5.41, 5.74) is 0.0633. The lowest BCUT2D eigenvalue weighted by Gasteiger charge is -2.18. The van der Waals surface area contributed by atoms with Gasteiger partial charge in [-0.15, -0.1) is 0 Å². The number of hydrogen-bond acceptors (Lipinski definition) is 6. The molecular formula is C27H20F3N5O4. The van der Waals surface area contributed by atoms with Gasteiger partial charge in [0.15, 0.2) is 0 Å². The van der Waals surface area contributed by atoms with Crippen molar-refractivity contribution < 1.29 is 32.3 Å². The van der Waals surface area contributed by atoms with E-state index in [1.807, 2.05) is 0 Å². The predicted molar refractivity (Wildman–Crippen MR) is 133 cm³/mol. The van der Waals surface area contributed by atoms with E-state index in [4.69, 9.17) is 4.74 Å². The third-order valence-corrected chi connectivity index (χ3v) is 6.04. The summed E-state index contributed by atoms with van der Waals surface area (Å²) in [5, 5.41) is 6.47. The maximum atomic E-state index is 13.4. The number of alkyl halides is 3. The quantitative estimate of drug-likeness (QED) is 0.343. The van der Waals surface area contributed by atoms with Gasteiger partial charge in [0.1, 0.15) is 18.4 Å². The lowest BCUT2D eigenvalue weighted by atomic mass is 10.1. The standard InChI is InChI=1S/C27H20F3N5O4/c1-2-39-23-10-7-16(13-34-25(37)18-5-3-4-6-19(18)26(34)38)11-20(23)24(36)33-21-12-17(27(28,29)30)8-9-22(21)35-15-31-14-32-35/h3-12,14-15H,2,13H2,1H3,(H,33,36). The third kappa shape index (κ3) is 4.96. The van der Waals surface area contributed by atoms with Gasteiger partial charge in [-0.25, -0.2) is 9.67 Å². The van der Waals surface area contributed by atoms with E-state index in [1.165, 1.54) is 35.5 Å². The number of benzene rings is 3. The van der Waals surface area contributed by atoms with E-state index < -0.39 is 29.5 Å². The van der Waals surface area contributed by atoms with E-state index in [0.29, 0.717) is 5.56 Å². The summed E-state index contributed by atoms with van der Waals surface area (Å²) in [4.78, 5) is 43.9. The molecule has 0 fully saturated rings. The number of carbonyl (C=O) groups excluding carboxylic acids is 3. The summed E-state index contributed by atoms with van der Waals surface area (Å²) >= 11 is 0. The second kappa shape index (κ2) is 10.0. The maximum absolute atomic E-state index is 13.4. The number of rotatable bonds is 7. The molecule has 3 amide bonds.